The maximum atomic E-state index is 13.0. The topological polar surface area (TPSA) is 49.0 Å². The molecular weight excluding hydrogens is 293 g/mol. The molecule has 23 heavy (non-hydrogen) atoms. The first-order valence-corrected chi connectivity index (χ1v) is 8.08. The molecule has 1 aliphatic heterocycles. The average Bonchev–Trinajstić information content (AvgIpc) is 3.15. The molecule has 0 radical (unpaired) electrons. The van der Waals surface area contributed by atoms with Crippen LogP contribution in [-0.4, -0.2) is 34.1 Å². The molecule has 1 aliphatic rings. The number of carbonyl (C=O) groups is 1. The van der Waals surface area contributed by atoms with Gasteiger partial charge in [0.25, 0.3) is 0 Å². The van der Waals surface area contributed by atoms with Gasteiger partial charge in [0.05, 0.1) is 5.69 Å². The summed E-state index contributed by atoms with van der Waals surface area (Å²) < 4.78 is 13.0. The van der Waals surface area contributed by atoms with E-state index in [4.69, 9.17) is 0 Å². The van der Waals surface area contributed by atoms with Crippen LogP contribution < -0.4 is 0 Å². The number of aryl methyl sites for hydroxylation is 2. The summed E-state index contributed by atoms with van der Waals surface area (Å²) in [5.41, 5.74) is 4.29. The van der Waals surface area contributed by atoms with Crippen molar-refractivity contribution in [3.63, 3.8) is 0 Å². The Morgan fingerprint density at radius 2 is 2.09 bits per heavy atom. The van der Waals surface area contributed by atoms with E-state index in [1.54, 1.807) is 0 Å². The second-order valence-corrected chi connectivity index (χ2v) is 6.30. The maximum Gasteiger partial charge on any atom is 0.222 e. The van der Waals surface area contributed by atoms with E-state index in [2.05, 4.69) is 10.2 Å². The molecule has 1 N–H and O–H groups in total. The van der Waals surface area contributed by atoms with Gasteiger partial charge in [-0.2, -0.15) is 5.10 Å². The van der Waals surface area contributed by atoms with E-state index >= 15 is 0 Å². The molecule has 1 atom stereocenters. The zero-order chi connectivity index (χ0) is 16.4. The Hall–Kier alpha value is -2.17. The molecule has 5 heteroatoms. The normalized spacial score (nSPS) is 17.7. The quantitative estimate of drug-likeness (QED) is 0.942. The first kappa shape index (κ1) is 15.7. The molecule has 1 aromatic heterocycles. The highest BCUT2D eigenvalue weighted by Gasteiger charge is 2.27. The highest BCUT2D eigenvalue weighted by atomic mass is 19.1. The SMILES string of the molecule is Cc1[nH]nc(CCC(=O)N2CCC(c3ccc(F)cc3)C2)c1C. The van der Waals surface area contributed by atoms with Crippen LogP contribution in [0.5, 0.6) is 0 Å². The molecule has 0 spiro atoms. The Morgan fingerprint density at radius 3 is 2.74 bits per heavy atom. The number of carbonyl (C=O) groups excluding carboxylic acids is 1. The van der Waals surface area contributed by atoms with Gasteiger partial charge in [-0.25, -0.2) is 4.39 Å². The monoisotopic (exact) mass is 315 g/mol. The van der Waals surface area contributed by atoms with Crippen LogP contribution >= 0.6 is 0 Å². The maximum absolute atomic E-state index is 13.0. The number of nitrogens with zero attached hydrogens (tertiary/aromatic N) is 2. The lowest BCUT2D eigenvalue weighted by Gasteiger charge is -2.16. The second-order valence-electron chi connectivity index (χ2n) is 6.30. The number of H-pyrrole nitrogens is 1. The van der Waals surface area contributed by atoms with E-state index in [0.717, 1.165) is 42.0 Å². The number of nitrogens with one attached hydrogen (secondary N) is 1. The third-order valence-corrected chi connectivity index (χ3v) is 4.81. The third-order valence-electron chi connectivity index (χ3n) is 4.81. The van der Waals surface area contributed by atoms with Crippen molar-refractivity contribution < 1.29 is 9.18 Å². The second kappa shape index (κ2) is 6.52. The van der Waals surface area contributed by atoms with Crippen LogP contribution in [0, 0.1) is 19.7 Å². The van der Waals surface area contributed by atoms with Crippen LogP contribution in [-0.2, 0) is 11.2 Å². The van der Waals surface area contributed by atoms with Gasteiger partial charge in [0, 0.05) is 37.5 Å². The van der Waals surface area contributed by atoms with Gasteiger partial charge in [-0.3, -0.25) is 9.89 Å². The van der Waals surface area contributed by atoms with Crippen molar-refractivity contribution in [3.05, 3.63) is 52.6 Å². The molecule has 0 saturated carbocycles. The van der Waals surface area contributed by atoms with Crippen molar-refractivity contribution in [3.8, 4) is 0 Å². The number of amides is 1. The minimum atomic E-state index is -0.218. The van der Waals surface area contributed by atoms with Gasteiger partial charge >= 0.3 is 0 Å². The number of rotatable bonds is 4. The zero-order valence-corrected chi connectivity index (χ0v) is 13.6. The van der Waals surface area contributed by atoms with Crippen molar-refractivity contribution in [2.45, 2.75) is 39.0 Å². The van der Waals surface area contributed by atoms with Crippen LogP contribution in [0.1, 0.15) is 41.3 Å². The third kappa shape index (κ3) is 3.44. The highest BCUT2D eigenvalue weighted by Crippen LogP contribution is 2.27. The van der Waals surface area contributed by atoms with Gasteiger partial charge in [-0.05, 0) is 43.5 Å². The van der Waals surface area contributed by atoms with Gasteiger partial charge in [0.2, 0.25) is 5.91 Å². The summed E-state index contributed by atoms with van der Waals surface area (Å²) in [5.74, 6) is 0.271. The predicted molar refractivity (Wildman–Crippen MR) is 86.7 cm³/mol. The van der Waals surface area contributed by atoms with E-state index in [1.165, 1.54) is 12.1 Å². The average molecular weight is 315 g/mol. The summed E-state index contributed by atoms with van der Waals surface area (Å²) in [7, 11) is 0. The smallest absolute Gasteiger partial charge is 0.222 e. The summed E-state index contributed by atoms with van der Waals surface area (Å²) >= 11 is 0. The van der Waals surface area contributed by atoms with Crippen molar-refractivity contribution in [1.29, 1.82) is 0 Å². The lowest BCUT2D eigenvalue weighted by atomic mass is 9.99. The highest BCUT2D eigenvalue weighted by molar-refractivity contribution is 5.76. The molecule has 1 aromatic carbocycles. The predicted octanol–water partition coefficient (Wildman–Crippen LogP) is 3.11. The molecule has 2 heterocycles. The Kier molecular flexibility index (Phi) is 4.46. The summed E-state index contributed by atoms with van der Waals surface area (Å²) in [6.45, 7) is 5.52. The summed E-state index contributed by atoms with van der Waals surface area (Å²) in [4.78, 5) is 14.3. The van der Waals surface area contributed by atoms with Crippen molar-refractivity contribution >= 4 is 5.91 Å². The molecule has 1 unspecified atom stereocenters. The van der Waals surface area contributed by atoms with Crippen LogP contribution in [0.25, 0.3) is 0 Å². The van der Waals surface area contributed by atoms with E-state index < -0.39 is 0 Å². The molecule has 4 nitrogen and oxygen atoms in total. The van der Waals surface area contributed by atoms with Gasteiger partial charge in [0.15, 0.2) is 0 Å². The van der Waals surface area contributed by atoms with Crippen LogP contribution in [0.3, 0.4) is 0 Å². The van der Waals surface area contributed by atoms with E-state index in [1.807, 2.05) is 30.9 Å². The Morgan fingerprint density at radius 1 is 1.35 bits per heavy atom. The van der Waals surface area contributed by atoms with Gasteiger partial charge < -0.3 is 4.90 Å². The largest absolute Gasteiger partial charge is 0.342 e. The van der Waals surface area contributed by atoms with E-state index in [9.17, 15) is 9.18 Å². The number of hydrogen-bond acceptors (Lipinski definition) is 2. The van der Waals surface area contributed by atoms with Gasteiger partial charge in [-0.15, -0.1) is 0 Å². The molecule has 122 valence electrons. The van der Waals surface area contributed by atoms with Gasteiger partial charge in [-0.1, -0.05) is 12.1 Å². The summed E-state index contributed by atoms with van der Waals surface area (Å²) in [5, 5.41) is 7.21. The Bertz CT molecular complexity index is 693. The van der Waals surface area contributed by atoms with Gasteiger partial charge in [0.1, 0.15) is 5.82 Å². The molecule has 2 aromatic rings. The van der Waals surface area contributed by atoms with Crippen molar-refractivity contribution in [2.24, 2.45) is 0 Å². The lowest BCUT2D eigenvalue weighted by Crippen LogP contribution is -2.28. The standard InChI is InChI=1S/C18H22FN3O/c1-12-13(2)20-21-17(12)7-8-18(23)22-10-9-15(11-22)14-3-5-16(19)6-4-14/h3-6,15H,7-11H2,1-2H3,(H,20,21). The molecule has 0 bridgehead atoms. The number of hydrogen-bond donors (Lipinski definition) is 1. The number of aromatic amines is 1. The summed E-state index contributed by atoms with van der Waals surface area (Å²) in [6, 6.07) is 6.62. The summed E-state index contributed by atoms with van der Waals surface area (Å²) in [6.07, 6.45) is 2.10. The van der Waals surface area contributed by atoms with Crippen molar-refractivity contribution in [1.82, 2.24) is 15.1 Å². The number of halogens is 1. The number of aromatic nitrogens is 2. The Balaban J connectivity index is 1.55. The fourth-order valence-corrected chi connectivity index (χ4v) is 3.16. The molecule has 1 amide bonds. The van der Waals surface area contributed by atoms with E-state index in [0.29, 0.717) is 18.8 Å². The fourth-order valence-electron chi connectivity index (χ4n) is 3.16. The number of likely N-dealkylation sites (tertiary alicyclic amines) is 1. The first-order chi connectivity index (χ1) is 11.0. The van der Waals surface area contributed by atoms with E-state index in [-0.39, 0.29) is 11.7 Å². The molecule has 3 rings (SSSR count). The molecular formula is C18H22FN3O. The van der Waals surface area contributed by atoms with Crippen LogP contribution in [0.15, 0.2) is 24.3 Å². The van der Waals surface area contributed by atoms with Crippen molar-refractivity contribution in [2.75, 3.05) is 13.1 Å². The van der Waals surface area contributed by atoms with Crippen LogP contribution in [0.4, 0.5) is 4.39 Å². The number of benzene rings is 1. The minimum Gasteiger partial charge on any atom is -0.342 e. The molecule has 1 fully saturated rings. The molecule has 0 aliphatic carbocycles. The molecule has 1 saturated heterocycles. The zero-order valence-electron chi connectivity index (χ0n) is 13.6. The minimum absolute atomic E-state index is 0.176. The fraction of sp³-hybridized carbons (Fsp3) is 0.444. The van der Waals surface area contributed by atoms with Crippen LogP contribution in [0.2, 0.25) is 0 Å². The Labute approximate surface area is 135 Å². The lowest BCUT2D eigenvalue weighted by molar-refractivity contribution is -0.130. The first-order valence-electron chi connectivity index (χ1n) is 8.08.